The van der Waals surface area contributed by atoms with Crippen molar-refractivity contribution in [1.82, 2.24) is 0 Å². The van der Waals surface area contributed by atoms with Crippen molar-refractivity contribution in [3.8, 4) is 0 Å². The smallest absolute Gasteiger partial charge is 0.0399 e. The Morgan fingerprint density at radius 1 is 1.40 bits per heavy atom. The molecule has 1 aromatic rings. The lowest BCUT2D eigenvalue weighted by atomic mass is 9.96. The lowest BCUT2D eigenvalue weighted by Crippen LogP contribution is -2.13. The van der Waals surface area contributed by atoms with Gasteiger partial charge in [0, 0.05) is 19.8 Å². The van der Waals surface area contributed by atoms with Gasteiger partial charge in [-0.2, -0.15) is 0 Å². The fraction of sp³-hybridized carbons (Fsp3) is 0.538. The molecule has 82 valence electrons. The molecule has 1 atom stereocenters. The number of rotatable bonds is 3. The Morgan fingerprint density at radius 3 is 2.87 bits per heavy atom. The number of hydrogen-bond acceptors (Lipinski definition) is 2. The zero-order chi connectivity index (χ0) is 10.8. The van der Waals surface area contributed by atoms with Crippen molar-refractivity contribution < 1.29 is 0 Å². The van der Waals surface area contributed by atoms with Gasteiger partial charge in [0.15, 0.2) is 0 Å². The quantitative estimate of drug-likeness (QED) is 0.817. The normalized spacial score (nSPS) is 19.0. The van der Waals surface area contributed by atoms with E-state index in [4.69, 9.17) is 5.73 Å². The van der Waals surface area contributed by atoms with E-state index in [2.05, 4.69) is 37.2 Å². The van der Waals surface area contributed by atoms with E-state index in [0.29, 0.717) is 5.92 Å². The summed E-state index contributed by atoms with van der Waals surface area (Å²) < 4.78 is 0. The van der Waals surface area contributed by atoms with Crippen LogP contribution in [0.3, 0.4) is 0 Å². The standard InChI is InChI=1S/C13H20N2/c1-15(2)12-5-3-4-10-6-7-11(8-9-14)13(10)12/h3-5,11H,6-9,14H2,1-2H3. The van der Waals surface area contributed by atoms with Crippen molar-refractivity contribution in [2.75, 3.05) is 25.5 Å². The number of anilines is 1. The Hall–Kier alpha value is -1.02. The van der Waals surface area contributed by atoms with E-state index in [0.717, 1.165) is 13.0 Å². The van der Waals surface area contributed by atoms with Crippen molar-refractivity contribution in [3.63, 3.8) is 0 Å². The number of benzene rings is 1. The molecule has 0 amide bonds. The summed E-state index contributed by atoms with van der Waals surface area (Å²) in [6.07, 6.45) is 3.62. The van der Waals surface area contributed by atoms with Crippen LogP contribution >= 0.6 is 0 Å². The van der Waals surface area contributed by atoms with Crippen molar-refractivity contribution in [2.24, 2.45) is 5.73 Å². The Labute approximate surface area is 92.1 Å². The van der Waals surface area contributed by atoms with Crippen LogP contribution in [0.1, 0.15) is 29.9 Å². The molecule has 0 spiro atoms. The Morgan fingerprint density at radius 2 is 2.20 bits per heavy atom. The van der Waals surface area contributed by atoms with Gasteiger partial charge in [0.25, 0.3) is 0 Å². The van der Waals surface area contributed by atoms with E-state index in [1.165, 1.54) is 24.1 Å². The molecule has 1 aliphatic rings. The largest absolute Gasteiger partial charge is 0.377 e. The van der Waals surface area contributed by atoms with Gasteiger partial charge in [-0.3, -0.25) is 0 Å². The van der Waals surface area contributed by atoms with Gasteiger partial charge in [-0.15, -0.1) is 0 Å². The molecule has 15 heavy (non-hydrogen) atoms. The van der Waals surface area contributed by atoms with Crippen molar-refractivity contribution >= 4 is 5.69 Å². The van der Waals surface area contributed by atoms with Gasteiger partial charge in [-0.1, -0.05) is 12.1 Å². The van der Waals surface area contributed by atoms with Gasteiger partial charge < -0.3 is 10.6 Å². The van der Waals surface area contributed by atoms with Gasteiger partial charge >= 0.3 is 0 Å². The summed E-state index contributed by atoms with van der Waals surface area (Å²) in [4.78, 5) is 2.22. The molecule has 1 aliphatic carbocycles. The van der Waals surface area contributed by atoms with Gasteiger partial charge in [-0.05, 0) is 48.9 Å². The van der Waals surface area contributed by atoms with Crippen LogP contribution in [-0.2, 0) is 6.42 Å². The molecule has 0 heterocycles. The SMILES string of the molecule is CN(C)c1cccc2c1C(CCN)CC2. The molecule has 1 unspecified atom stereocenters. The summed E-state index contributed by atoms with van der Waals surface area (Å²) in [5, 5.41) is 0. The zero-order valence-corrected chi connectivity index (χ0v) is 9.66. The highest BCUT2D eigenvalue weighted by Gasteiger charge is 2.24. The van der Waals surface area contributed by atoms with Crippen LogP contribution in [-0.4, -0.2) is 20.6 Å². The van der Waals surface area contributed by atoms with E-state index in [9.17, 15) is 0 Å². The van der Waals surface area contributed by atoms with Crippen LogP contribution in [0.5, 0.6) is 0 Å². The van der Waals surface area contributed by atoms with Gasteiger partial charge in [0.2, 0.25) is 0 Å². The summed E-state index contributed by atoms with van der Waals surface area (Å²) in [6.45, 7) is 0.797. The summed E-state index contributed by atoms with van der Waals surface area (Å²) >= 11 is 0. The number of hydrogen-bond donors (Lipinski definition) is 1. The molecule has 2 rings (SSSR count). The predicted octanol–water partition coefficient (Wildman–Crippen LogP) is 2.13. The molecule has 1 aromatic carbocycles. The summed E-state index contributed by atoms with van der Waals surface area (Å²) in [7, 11) is 4.24. The predicted molar refractivity (Wildman–Crippen MR) is 65.5 cm³/mol. The monoisotopic (exact) mass is 204 g/mol. The first-order chi connectivity index (χ1) is 7.24. The number of fused-ring (bicyclic) bond motifs is 1. The molecular formula is C13H20N2. The third-order valence-corrected chi connectivity index (χ3v) is 3.34. The second kappa shape index (κ2) is 4.23. The first kappa shape index (κ1) is 10.5. The molecule has 0 aliphatic heterocycles. The molecule has 2 heteroatoms. The van der Waals surface area contributed by atoms with E-state index in [1.54, 1.807) is 5.56 Å². The zero-order valence-electron chi connectivity index (χ0n) is 9.66. The molecular weight excluding hydrogens is 184 g/mol. The highest BCUT2D eigenvalue weighted by Crippen LogP contribution is 2.40. The molecule has 0 fully saturated rings. The number of nitrogens with two attached hydrogens (primary N) is 1. The van der Waals surface area contributed by atoms with Crippen molar-refractivity contribution in [2.45, 2.75) is 25.2 Å². The van der Waals surface area contributed by atoms with Crippen LogP contribution in [0, 0.1) is 0 Å². The fourth-order valence-corrected chi connectivity index (χ4v) is 2.64. The average molecular weight is 204 g/mol. The van der Waals surface area contributed by atoms with E-state index >= 15 is 0 Å². The lowest BCUT2D eigenvalue weighted by Gasteiger charge is -2.21. The Balaban J connectivity index is 2.39. The van der Waals surface area contributed by atoms with Gasteiger partial charge in [0.1, 0.15) is 0 Å². The van der Waals surface area contributed by atoms with Crippen LogP contribution < -0.4 is 10.6 Å². The summed E-state index contributed by atoms with van der Waals surface area (Å²) in [5.41, 5.74) is 10.1. The second-order valence-corrected chi connectivity index (χ2v) is 4.56. The summed E-state index contributed by atoms with van der Waals surface area (Å²) in [6, 6.07) is 6.64. The molecule has 0 saturated heterocycles. The minimum atomic E-state index is 0.684. The maximum Gasteiger partial charge on any atom is 0.0399 e. The third kappa shape index (κ3) is 1.86. The Bertz CT molecular complexity index is 342. The van der Waals surface area contributed by atoms with E-state index in [-0.39, 0.29) is 0 Å². The summed E-state index contributed by atoms with van der Waals surface area (Å²) in [5.74, 6) is 0.684. The third-order valence-electron chi connectivity index (χ3n) is 3.34. The van der Waals surface area contributed by atoms with Crippen LogP contribution in [0.25, 0.3) is 0 Å². The van der Waals surface area contributed by atoms with E-state index < -0.39 is 0 Å². The average Bonchev–Trinajstić information content (AvgIpc) is 2.62. The second-order valence-electron chi connectivity index (χ2n) is 4.56. The minimum absolute atomic E-state index is 0.684. The van der Waals surface area contributed by atoms with Gasteiger partial charge in [-0.25, -0.2) is 0 Å². The van der Waals surface area contributed by atoms with Crippen molar-refractivity contribution in [3.05, 3.63) is 29.3 Å². The molecule has 2 nitrogen and oxygen atoms in total. The lowest BCUT2D eigenvalue weighted by molar-refractivity contribution is 0.627. The molecule has 0 radical (unpaired) electrons. The van der Waals surface area contributed by atoms with Crippen LogP contribution in [0.15, 0.2) is 18.2 Å². The topological polar surface area (TPSA) is 29.3 Å². The van der Waals surface area contributed by atoms with E-state index in [1.807, 2.05) is 0 Å². The Kier molecular flexibility index (Phi) is 2.96. The minimum Gasteiger partial charge on any atom is -0.377 e. The van der Waals surface area contributed by atoms with Crippen LogP contribution in [0.2, 0.25) is 0 Å². The molecule has 0 saturated carbocycles. The van der Waals surface area contributed by atoms with Crippen molar-refractivity contribution in [1.29, 1.82) is 0 Å². The highest BCUT2D eigenvalue weighted by molar-refractivity contribution is 5.59. The first-order valence-electron chi connectivity index (χ1n) is 5.73. The maximum atomic E-state index is 5.68. The maximum absolute atomic E-state index is 5.68. The molecule has 0 aromatic heterocycles. The van der Waals surface area contributed by atoms with Crippen LogP contribution in [0.4, 0.5) is 5.69 Å². The molecule has 2 N–H and O–H groups in total. The molecule has 0 bridgehead atoms. The van der Waals surface area contributed by atoms with Gasteiger partial charge in [0.05, 0.1) is 0 Å². The number of aryl methyl sites for hydroxylation is 1. The number of nitrogens with zero attached hydrogens (tertiary/aromatic N) is 1. The highest BCUT2D eigenvalue weighted by atomic mass is 15.1. The fourth-order valence-electron chi connectivity index (χ4n) is 2.64. The first-order valence-corrected chi connectivity index (χ1v) is 5.73.